The first-order chi connectivity index (χ1) is 5.82. The van der Waals surface area contributed by atoms with Crippen LogP contribution in [0.1, 0.15) is 5.82 Å². The second kappa shape index (κ2) is 2.95. The highest BCUT2D eigenvalue weighted by Crippen LogP contribution is 2.31. The molecule has 0 bridgehead atoms. The molecule has 0 aliphatic carbocycles. The van der Waals surface area contributed by atoms with E-state index in [1.807, 2.05) is 0 Å². The monoisotopic (exact) mass is 211 g/mol. The van der Waals surface area contributed by atoms with Gasteiger partial charge in [0.1, 0.15) is 10.7 Å². The van der Waals surface area contributed by atoms with Crippen molar-refractivity contribution in [1.29, 1.82) is 0 Å². The van der Waals surface area contributed by atoms with Crippen LogP contribution in [0.4, 0.5) is 19.0 Å². The predicted octanol–water partition coefficient (Wildman–Crippen LogP) is 1.07. The summed E-state index contributed by atoms with van der Waals surface area (Å²) in [7, 11) is 0. The fourth-order valence-corrected chi connectivity index (χ4v) is 0.687. The van der Waals surface area contributed by atoms with Crippen molar-refractivity contribution in [2.45, 2.75) is 11.1 Å². The smallest absolute Gasteiger partial charge is 0.451 e. The summed E-state index contributed by atoms with van der Waals surface area (Å²) < 4.78 is 35.9. The summed E-state index contributed by atoms with van der Waals surface area (Å²) >= 11 is 3.59. The summed E-state index contributed by atoms with van der Waals surface area (Å²) in [5.74, 6) is -2.88. The van der Waals surface area contributed by atoms with Gasteiger partial charge in [-0.2, -0.15) is 18.2 Å². The lowest BCUT2D eigenvalue weighted by Crippen LogP contribution is -2.12. The number of thiol groups is 1. The molecule has 13 heavy (non-hydrogen) atoms. The molecule has 1 rings (SSSR count). The number of halogens is 3. The number of nitrogen functional groups attached to an aromatic ring is 1. The minimum absolute atomic E-state index is 0.270. The number of alkyl halides is 3. The number of hydrogen-bond donors (Lipinski definition) is 3. The molecule has 8 heteroatoms. The maximum absolute atomic E-state index is 12.0. The van der Waals surface area contributed by atoms with Crippen molar-refractivity contribution < 1.29 is 18.3 Å². The Labute approximate surface area is 76.0 Å². The van der Waals surface area contributed by atoms with Crippen LogP contribution in [0, 0.1) is 0 Å². The zero-order valence-corrected chi connectivity index (χ0v) is 6.89. The highest BCUT2D eigenvalue weighted by atomic mass is 32.1. The number of nitrogens with zero attached hydrogens (tertiary/aromatic N) is 2. The number of aromatic hydroxyl groups is 1. The van der Waals surface area contributed by atoms with Gasteiger partial charge in [-0.3, -0.25) is 0 Å². The van der Waals surface area contributed by atoms with E-state index in [0.29, 0.717) is 0 Å². The van der Waals surface area contributed by atoms with Crippen LogP contribution in [0.3, 0.4) is 0 Å². The maximum Gasteiger partial charge on any atom is 0.451 e. The van der Waals surface area contributed by atoms with E-state index in [4.69, 9.17) is 10.8 Å². The molecular weight excluding hydrogens is 207 g/mol. The van der Waals surface area contributed by atoms with Crippen LogP contribution >= 0.6 is 12.6 Å². The summed E-state index contributed by atoms with van der Waals surface area (Å²) in [6.07, 6.45) is -4.73. The van der Waals surface area contributed by atoms with Crippen molar-refractivity contribution in [3.63, 3.8) is 0 Å². The fraction of sp³-hybridized carbons (Fsp3) is 0.200. The second-order valence-electron chi connectivity index (χ2n) is 2.10. The summed E-state index contributed by atoms with van der Waals surface area (Å²) in [5.41, 5.74) is 5.03. The minimum Gasteiger partial charge on any atom is -0.492 e. The Morgan fingerprint density at radius 2 is 1.85 bits per heavy atom. The first-order valence-electron chi connectivity index (χ1n) is 2.95. The Bertz CT molecular complexity index is 317. The van der Waals surface area contributed by atoms with Gasteiger partial charge in [0.25, 0.3) is 0 Å². The molecule has 1 aromatic rings. The van der Waals surface area contributed by atoms with Crippen LogP contribution in [0.5, 0.6) is 5.88 Å². The van der Waals surface area contributed by atoms with Gasteiger partial charge in [-0.25, -0.2) is 4.98 Å². The average molecular weight is 211 g/mol. The van der Waals surface area contributed by atoms with E-state index in [2.05, 4.69) is 22.6 Å². The van der Waals surface area contributed by atoms with Gasteiger partial charge >= 0.3 is 6.18 Å². The highest BCUT2D eigenvalue weighted by molar-refractivity contribution is 7.80. The standard InChI is InChI=1S/C5H4F3N3OS/c6-5(7,8)4-10-2(9)1(13)3(12)11-4/h13H,(H3,9,10,11,12). The van der Waals surface area contributed by atoms with Crippen LogP contribution in [-0.2, 0) is 6.18 Å². The first kappa shape index (κ1) is 9.90. The van der Waals surface area contributed by atoms with Gasteiger partial charge in [-0.1, -0.05) is 0 Å². The number of nitrogens with two attached hydrogens (primary N) is 1. The minimum atomic E-state index is -4.73. The van der Waals surface area contributed by atoms with Crippen LogP contribution < -0.4 is 5.73 Å². The van der Waals surface area contributed by atoms with Gasteiger partial charge in [-0.15, -0.1) is 12.6 Å². The van der Waals surface area contributed by atoms with Crippen molar-refractivity contribution in [3.05, 3.63) is 5.82 Å². The topological polar surface area (TPSA) is 72.0 Å². The molecule has 0 unspecified atom stereocenters. The molecule has 0 aliphatic rings. The molecule has 1 aromatic heterocycles. The zero-order chi connectivity index (χ0) is 10.2. The van der Waals surface area contributed by atoms with E-state index >= 15 is 0 Å². The van der Waals surface area contributed by atoms with Crippen LogP contribution in [0.25, 0.3) is 0 Å². The van der Waals surface area contributed by atoms with Crippen molar-refractivity contribution in [2.24, 2.45) is 0 Å². The lowest BCUT2D eigenvalue weighted by molar-refractivity contribution is -0.145. The third-order valence-electron chi connectivity index (χ3n) is 1.15. The third kappa shape index (κ3) is 1.94. The lowest BCUT2D eigenvalue weighted by atomic mass is 10.5. The molecule has 0 fully saturated rings. The SMILES string of the molecule is Nc1nc(C(F)(F)F)nc(O)c1S. The van der Waals surface area contributed by atoms with Crippen molar-refractivity contribution in [1.82, 2.24) is 9.97 Å². The van der Waals surface area contributed by atoms with Gasteiger partial charge in [0.05, 0.1) is 0 Å². The Morgan fingerprint density at radius 3 is 2.23 bits per heavy atom. The quantitative estimate of drug-likeness (QED) is 0.561. The van der Waals surface area contributed by atoms with E-state index in [1.54, 1.807) is 0 Å². The molecule has 0 saturated heterocycles. The van der Waals surface area contributed by atoms with Crippen LogP contribution in [0.15, 0.2) is 4.90 Å². The molecule has 72 valence electrons. The van der Waals surface area contributed by atoms with Crippen molar-refractivity contribution in [2.75, 3.05) is 5.73 Å². The number of anilines is 1. The van der Waals surface area contributed by atoms with Crippen LogP contribution in [-0.4, -0.2) is 15.1 Å². The predicted molar refractivity (Wildman–Crippen MR) is 40.4 cm³/mol. The molecule has 0 saturated carbocycles. The third-order valence-corrected chi connectivity index (χ3v) is 1.58. The van der Waals surface area contributed by atoms with Crippen molar-refractivity contribution in [3.8, 4) is 5.88 Å². The van der Waals surface area contributed by atoms with Gasteiger partial charge < -0.3 is 10.8 Å². The first-order valence-corrected chi connectivity index (χ1v) is 3.39. The van der Waals surface area contributed by atoms with Crippen LogP contribution in [0.2, 0.25) is 0 Å². The molecule has 0 atom stereocenters. The maximum atomic E-state index is 12.0. The van der Waals surface area contributed by atoms with Gasteiger partial charge in [0, 0.05) is 0 Å². The molecule has 4 nitrogen and oxygen atoms in total. The number of aromatic nitrogens is 2. The number of rotatable bonds is 0. The molecule has 0 spiro atoms. The Morgan fingerprint density at radius 1 is 1.31 bits per heavy atom. The normalized spacial score (nSPS) is 11.7. The summed E-state index contributed by atoms with van der Waals surface area (Å²) in [4.78, 5) is 5.41. The van der Waals surface area contributed by atoms with E-state index in [0.717, 1.165) is 0 Å². The molecule has 0 radical (unpaired) electrons. The Kier molecular flexibility index (Phi) is 2.24. The molecule has 0 aliphatic heterocycles. The van der Waals surface area contributed by atoms with Crippen molar-refractivity contribution >= 4 is 18.4 Å². The Hall–Kier alpha value is -1.18. The lowest BCUT2D eigenvalue weighted by Gasteiger charge is -2.07. The molecule has 0 aromatic carbocycles. The molecule has 1 heterocycles. The molecule has 0 amide bonds. The fourth-order valence-electron chi connectivity index (χ4n) is 0.587. The number of hydrogen-bond acceptors (Lipinski definition) is 5. The Balaban J connectivity index is 3.29. The summed E-state index contributed by atoms with van der Waals surface area (Å²) in [6, 6.07) is 0. The largest absolute Gasteiger partial charge is 0.492 e. The van der Waals surface area contributed by atoms with Gasteiger partial charge in [-0.05, 0) is 0 Å². The van der Waals surface area contributed by atoms with E-state index < -0.39 is 23.7 Å². The van der Waals surface area contributed by atoms with Gasteiger partial charge in [0.2, 0.25) is 11.7 Å². The highest BCUT2D eigenvalue weighted by Gasteiger charge is 2.35. The zero-order valence-electron chi connectivity index (χ0n) is 6.00. The van der Waals surface area contributed by atoms with E-state index in [9.17, 15) is 13.2 Å². The second-order valence-corrected chi connectivity index (χ2v) is 2.55. The average Bonchev–Trinajstić information content (AvgIpc) is 1.97. The van der Waals surface area contributed by atoms with Gasteiger partial charge in [0.15, 0.2) is 0 Å². The van der Waals surface area contributed by atoms with E-state index in [1.165, 1.54) is 0 Å². The summed E-state index contributed by atoms with van der Waals surface area (Å²) in [5, 5.41) is 8.84. The molecular formula is C5H4F3N3OS. The summed E-state index contributed by atoms with van der Waals surface area (Å²) in [6.45, 7) is 0. The molecule has 3 N–H and O–H groups in total. The van der Waals surface area contributed by atoms with E-state index in [-0.39, 0.29) is 4.90 Å².